The zero-order chi connectivity index (χ0) is 26.1. The Morgan fingerprint density at radius 2 is 1.86 bits per heavy atom. The van der Waals surface area contributed by atoms with Crippen LogP contribution in [0.3, 0.4) is 0 Å². The van der Waals surface area contributed by atoms with E-state index in [1.54, 1.807) is 0 Å². The summed E-state index contributed by atoms with van der Waals surface area (Å²) in [4.78, 5) is 51.0. The van der Waals surface area contributed by atoms with Gasteiger partial charge in [-0.15, -0.1) is 0 Å². The van der Waals surface area contributed by atoms with Gasteiger partial charge in [0.05, 0.1) is 19.6 Å². The van der Waals surface area contributed by atoms with Crippen LogP contribution in [0.2, 0.25) is 0 Å². The molecule has 1 fully saturated rings. The number of carbonyl (C=O) groups excluding carboxylic acids is 3. The van der Waals surface area contributed by atoms with E-state index in [2.05, 4.69) is 5.32 Å². The number of hydrogen-bond donors (Lipinski definition) is 5. The number of hydrazine groups is 1. The minimum Gasteiger partial charge on any atom is -0.504 e. The molecule has 0 unspecified atom stereocenters. The largest absolute Gasteiger partial charge is 0.504 e. The number of carboxylic acid groups (broad SMARTS) is 1. The van der Waals surface area contributed by atoms with E-state index < -0.39 is 41.8 Å². The number of amides is 4. The standard InChI is InChI=1S/C23H25N5O7/c1-12(29)27(16(11-19(31)32)14-6-9-18(35-3)17(30)10-14)28-21(33)23(2,26-22(28)34)15-7-4-13(5-8-15)20(24)25/h4-10,16,30H,11H2,1-3H3,(H3,24,25)(H,26,34)(H,31,32)/t16-,23-/m1/s1. The third-order valence-corrected chi connectivity index (χ3v) is 5.73. The lowest BCUT2D eigenvalue weighted by atomic mass is 9.91. The second kappa shape index (κ2) is 9.33. The van der Waals surface area contributed by atoms with Crippen molar-refractivity contribution in [3.63, 3.8) is 0 Å². The Hall–Kier alpha value is -4.61. The van der Waals surface area contributed by atoms with Crippen molar-refractivity contribution in [1.82, 2.24) is 15.3 Å². The zero-order valence-electron chi connectivity index (χ0n) is 19.2. The van der Waals surface area contributed by atoms with Crippen molar-refractivity contribution >= 4 is 29.7 Å². The van der Waals surface area contributed by atoms with E-state index in [-0.39, 0.29) is 22.9 Å². The lowest BCUT2D eigenvalue weighted by molar-refractivity contribution is -0.162. The van der Waals surface area contributed by atoms with Gasteiger partial charge in [-0.3, -0.25) is 19.8 Å². The van der Waals surface area contributed by atoms with Crippen molar-refractivity contribution in [3.8, 4) is 11.5 Å². The maximum absolute atomic E-state index is 13.6. The Labute approximate surface area is 200 Å². The molecule has 1 aliphatic rings. The average molecular weight is 483 g/mol. The molecular formula is C23H25N5O7. The van der Waals surface area contributed by atoms with Gasteiger partial charge >= 0.3 is 12.0 Å². The van der Waals surface area contributed by atoms with Crippen molar-refractivity contribution in [3.05, 3.63) is 59.2 Å². The molecule has 2 aromatic rings. The molecule has 35 heavy (non-hydrogen) atoms. The van der Waals surface area contributed by atoms with Gasteiger partial charge in [-0.25, -0.2) is 9.80 Å². The summed E-state index contributed by atoms with van der Waals surface area (Å²) in [5.41, 5.74) is 4.83. The van der Waals surface area contributed by atoms with E-state index >= 15 is 0 Å². The first-order valence-corrected chi connectivity index (χ1v) is 10.4. The SMILES string of the molecule is COc1ccc([C@@H](CC(=O)O)N(C(C)=O)N2C(=O)N[C@](C)(c3ccc(C(=N)N)cc3)C2=O)cc1O. The monoisotopic (exact) mass is 483 g/mol. The second-order valence-electron chi connectivity index (χ2n) is 8.07. The van der Waals surface area contributed by atoms with Gasteiger partial charge in [0.25, 0.3) is 5.91 Å². The summed E-state index contributed by atoms with van der Waals surface area (Å²) >= 11 is 0. The predicted molar refractivity (Wildman–Crippen MR) is 122 cm³/mol. The van der Waals surface area contributed by atoms with Crippen LogP contribution in [0.5, 0.6) is 11.5 Å². The number of carboxylic acids is 1. The molecule has 2 aromatic carbocycles. The van der Waals surface area contributed by atoms with Gasteiger partial charge in [0.2, 0.25) is 5.91 Å². The summed E-state index contributed by atoms with van der Waals surface area (Å²) in [5.74, 6) is -3.25. The quantitative estimate of drug-likeness (QED) is 0.212. The summed E-state index contributed by atoms with van der Waals surface area (Å²) in [5, 5.41) is 31.1. The molecule has 12 heteroatoms. The van der Waals surface area contributed by atoms with Crippen LogP contribution in [0.4, 0.5) is 4.79 Å². The maximum atomic E-state index is 13.6. The number of nitrogens with one attached hydrogen (secondary N) is 2. The van der Waals surface area contributed by atoms with Crippen LogP contribution in [0, 0.1) is 5.41 Å². The van der Waals surface area contributed by atoms with Gasteiger partial charge in [-0.1, -0.05) is 30.3 Å². The number of methoxy groups -OCH3 is 1. The molecule has 3 rings (SSSR count). The third-order valence-electron chi connectivity index (χ3n) is 5.73. The fourth-order valence-electron chi connectivity index (χ4n) is 3.92. The minimum absolute atomic E-state index is 0.119. The number of nitrogens with two attached hydrogens (primary N) is 1. The molecule has 0 aromatic heterocycles. The molecule has 1 heterocycles. The third kappa shape index (κ3) is 4.58. The summed E-state index contributed by atoms with van der Waals surface area (Å²) in [6.45, 7) is 2.54. The van der Waals surface area contributed by atoms with E-state index in [1.165, 1.54) is 56.5 Å². The highest BCUT2D eigenvalue weighted by molar-refractivity contribution is 6.08. The number of hydrogen-bond acceptors (Lipinski definition) is 7. The zero-order valence-corrected chi connectivity index (χ0v) is 19.2. The molecule has 0 aliphatic carbocycles. The predicted octanol–water partition coefficient (Wildman–Crippen LogP) is 1.43. The number of imide groups is 1. The van der Waals surface area contributed by atoms with Gasteiger partial charge in [-0.2, -0.15) is 5.01 Å². The average Bonchev–Trinajstić information content (AvgIpc) is 3.02. The summed E-state index contributed by atoms with van der Waals surface area (Å²) < 4.78 is 5.01. The first-order chi connectivity index (χ1) is 16.4. The topological polar surface area (TPSA) is 186 Å². The van der Waals surface area contributed by atoms with E-state index in [0.717, 1.165) is 11.9 Å². The fraction of sp³-hybridized carbons (Fsp3) is 0.261. The summed E-state index contributed by atoms with van der Waals surface area (Å²) in [6.07, 6.45) is -0.660. The minimum atomic E-state index is -1.59. The highest BCUT2D eigenvalue weighted by Gasteiger charge is 2.53. The second-order valence-corrected chi connectivity index (χ2v) is 8.07. The molecule has 0 bridgehead atoms. The van der Waals surface area contributed by atoms with Crippen molar-refractivity contribution in [1.29, 1.82) is 5.41 Å². The van der Waals surface area contributed by atoms with Crippen LogP contribution in [-0.4, -0.2) is 57.0 Å². The molecule has 1 saturated heterocycles. The van der Waals surface area contributed by atoms with Crippen LogP contribution >= 0.6 is 0 Å². The van der Waals surface area contributed by atoms with Crippen molar-refractivity contribution in [2.24, 2.45) is 5.73 Å². The molecular weight excluding hydrogens is 458 g/mol. The number of carbonyl (C=O) groups is 4. The molecule has 0 radical (unpaired) electrons. The first kappa shape index (κ1) is 25.0. The molecule has 1 aliphatic heterocycles. The molecule has 12 nitrogen and oxygen atoms in total. The normalized spacial score (nSPS) is 18.1. The molecule has 4 amide bonds. The summed E-state index contributed by atoms with van der Waals surface area (Å²) in [6, 6.07) is 7.85. The maximum Gasteiger partial charge on any atom is 0.344 e. The Bertz CT molecular complexity index is 1210. The molecule has 0 spiro atoms. The number of ether oxygens (including phenoxy) is 1. The first-order valence-electron chi connectivity index (χ1n) is 10.4. The van der Waals surface area contributed by atoms with Crippen LogP contribution in [0.25, 0.3) is 0 Å². The van der Waals surface area contributed by atoms with E-state index in [9.17, 15) is 29.4 Å². The number of phenolic OH excluding ortho intramolecular Hbond substituents is 1. The van der Waals surface area contributed by atoms with Gasteiger partial charge in [-0.05, 0) is 30.2 Å². The highest BCUT2D eigenvalue weighted by atomic mass is 16.5. The Morgan fingerprint density at radius 3 is 2.34 bits per heavy atom. The Balaban J connectivity index is 2.07. The van der Waals surface area contributed by atoms with Crippen molar-refractivity contribution in [2.75, 3.05) is 7.11 Å². The van der Waals surface area contributed by atoms with E-state index in [0.29, 0.717) is 16.1 Å². The Kier molecular flexibility index (Phi) is 6.67. The molecule has 2 atom stereocenters. The number of rotatable bonds is 8. The van der Waals surface area contributed by atoms with Crippen LogP contribution in [0.1, 0.15) is 43.0 Å². The highest BCUT2D eigenvalue weighted by Crippen LogP contribution is 2.37. The number of amidine groups is 1. The number of aromatic hydroxyl groups is 1. The van der Waals surface area contributed by atoms with E-state index in [1.807, 2.05) is 0 Å². The number of nitrogens with zero attached hydrogens (tertiary/aromatic N) is 2. The lowest BCUT2D eigenvalue weighted by Gasteiger charge is -2.35. The van der Waals surface area contributed by atoms with Gasteiger partial charge in [0.15, 0.2) is 11.5 Å². The van der Waals surface area contributed by atoms with Gasteiger partial charge < -0.3 is 26.0 Å². The van der Waals surface area contributed by atoms with E-state index in [4.69, 9.17) is 15.9 Å². The Morgan fingerprint density at radius 1 is 1.23 bits per heavy atom. The van der Waals surface area contributed by atoms with Crippen molar-refractivity contribution < 1.29 is 34.1 Å². The molecule has 0 saturated carbocycles. The fourth-order valence-corrected chi connectivity index (χ4v) is 3.92. The van der Waals surface area contributed by atoms with Gasteiger partial charge in [0.1, 0.15) is 11.4 Å². The van der Waals surface area contributed by atoms with Crippen LogP contribution in [-0.2, 0) is 19.9 Å². The van der Waals surface area contributed by atoms with Gasteiger partial charge in [0, 0.05) is 12.5 Å². The molecule has 184 valence electrons. The number of phenols is 1. The number of nitrogen functional groups attached to an aromatic ring is 1. The smallest absolute Gasteiger partial charge is 0.344 e. The van der Waals surface area contributed by atoms with Crippen LogP contribution < -0.4 is 15.8 Å². The van der Waals surface area contributed by atoms with Crippen molar-refractivity contribution in [2.45, 2.75) is 31.8 Å². The number of aliphatic carboxylic acids is 1. The number of urea groups is 1. The summed E-state index contributed by atoms with van der Waals surface area (Å²) in [7, 11) is 1.34. The van der Waals surface area contributed by atoms with Crippen LogP contribution in [0.15, 0.2) is 42.5 Å². The molecule has 6 N–H and O–H groups in total. The number of benzene rings is 2. The lowest BCUT2D eigenvalue weighted by Crippen LogP contribution is -2.52.